The summed E-state index contributed by atoms with van der Waals surface area (Å²) in [5.74, 6) is -1.20. The van der Waals surface area contributed by atoms with Gasteiger partial charge in [0, 0.05) is 12.1 Å². The van der Waals surface area contributed by atoms with E-state index in [0.29, 0.717) is 18.4 Å². The lowest BCUT2D eigenvalue weighted by Gasteiger charge is -2.48. The number of ether oxygens (including phenoxy) is 1. The Hall–Kier alpha value is -1.23. The van der Waals surface area contributed by atoms with Crippen molar-refractivity contribution in [2.75, 3.05) is 6.54 Å². The van der Waals surface area contributed by atoms with Crippen LogP contribution in [0.3, 0.4) is 0 Å². The molecule has 1 aromatic carbocycles. The minimum absolute atomic E-state index is 0.0792. The van der Waals surface area contributed by atoms with E-state index in [-0.39, 0.29) is 24.7 Å². The number of halogens is 3. The average molecular weight is 482 g/mol. The minimum Gasteiger partial charge on any atom is -0.340 e. The number of hydrogen-bond acceptors (Lipinski definition) is 6. The standard InChI is InChI=1S/C25H38F3N5O/c26-25(27,28)19-12-6-2-5-10-18-11-7-13-33(18)22-17(14-16-8-3-1-4-9-16)15-20(29)21(30-22)24-32-31-23(19)34-24/h1,3-4,8-9,17-24,30-32H,2,5-7,10-15,29H2/t17?,18-,19?,20?,21?,22?,23?,24?/m1/s1. The van der Waals surface area contributed by atoms with E-state index in [0.717, 1.165) is 51.5 Å². The van der Waals surface area contributed by atoms with E-state index < -0.39 is 24.6 Å². The van der Waals surface area contributed by atoms with Crippen molar-refractivity contribution in [2.24, 2.45) is 17.6 Å². The molecule has 1 aromatic rings. The molecule has 0 aromatic heterocycles. The second kappa shape index (κ2) is 10.4. The van der Waals surface area contributed by atoms with E-state index in [1.807, 2.05) is 6.07 Å². The molecule has 0 saturated carbocycles. The van der Waals surface area contributed by atoms with Crippen LogP contribution in [0, 0.1) is 11.8 Å². The summed E-state index contributed by atoms with van der Waals surface area (Å²) in [5.41, 5.74) is 13.8. The van der Waals surface area contributed by atoms with Crippen molar-refractivity contribution in [2.45, 2.75) is 101 Å². The smallest absolute Gasteiger partial charge is 0.340 e. The van der Waals surface area contributed by atoms with Gasteiger partial charge in [-0.25, -0.2) is 10.9 Å². The average Bonchev–Trinajstić information content (AvgIpc) is 3.46. The molecule has 4 aliphatic rings. The van der Waals surface area contributed by atoms with Crippen molar-refractivity contribution in [3.63, 3.8) is 0 Å². The normalized spacial score (nSPS) is 40.0. The Morgan fingerprint density at radius 3 is 2.50 bits per heavy atom. The highest BCUT2D eigenvalue weighted by molar-refractivity contribution is 5.16. The highest BCUT2D eigenvalue weighted by Gasteiger charge is 2.51. The molecule has 5 N–H and O–H groups in total. The molecule has 4 fully saturated rings. The van der Waals surface area contributed by atoms with Crippen LogP contribution in [0.2, 0.25) is 0 Å². The summed E-state index contributed by atoms with van der Waals surface area (Å²) in [5, 5.41) is 3.77. The Morgan fingerprint density at radius 1 is 0.971 bits per heavy atom. The quantitative estimate of drug-likeness (QED) is 0.520. The first-order valence-electron chi connectivity index (χ1n) is 12.9. The molecule has 4 aliphatic heterocycles. The van der Waals surface area contributed by atoms with Crippen LogP contribution < -0.4 is 21.9 Å². The number of fused-ring (bicyclic) bond motifs is 7. The van der Waals surface area contributed by atoms with Crippen molar-refractivity contribution in [1.82, 2.24) is 21.1 Å². The van der Waals surface area contributed by atoms with Gasteiger partial charge in [0.1, 0.15) is 12.5 Å². The minimum atomic E-state index is -4.31. The molecule has 4 heterocycles. The van der Waals surface area contributed by atoms with E-state index in [4.69, 9.17) is 10.5 Å². The van der Waals surface area contributed by atoms with Crippen molar-refractivity contribution >= 4 is 0 Å². The molecular formula is C25H38F3N5O. The molecule has 4 saturated heterocycles. The van der Waals surface area contributed by atoms with E-state index in [1.165, 1.54) is 5.56 Å². The Labute approximate surface area is 200 Å². The van der Waals surface area contributed by atoms with Gasteiger partial charge < -0.3 is 10.5 Å². The fourth-order valence-corrected chi connectivity index (χ4v) is 6.57. The summed E-state index contributed by atoms with van der Waals surface area (Å²) in [6.07, 6.45) is 1.63. The zero-order valence-electron chi connectivity index (χ0n) is 19.6. The number of nitrogens with two attached hydrogens (primary N) is 1. The predicted molar refractivity (Wildman–Crippen MR) is 124 cm³/mol. The third-order valence-corrected chi connectivity index (χ3v) is 8.29. The Bertz CT molecular complexity index is 797. The summed E-state index contributed by atoms with van der Waals surface area (Å²) in [6.45, 7) is 1.05. The highest BCUT2D eigenvalue weighted by atomic mass is 19.4. The van der Waals surface area contributed by atoms with Gasteiger partial charge in [-0.1, -0.05) is 49.6 Å². The fourth-order valence-electron chi connectivity index (χ4n) is 6.57. The molecular weight excluding hydrogens is 443 g/mol. The molecule has 34 heavy (non-hydrogen) atoms. The zero-order valence-corrected chi connectivity index (χ0v) is 19.6. The summed E-state index contributed by atoms with van der Waals surface area (Å²) in [6, 6.07) is 10.5. The molecule has 7 unspecified atom stereocenters. The second-order valence-corrected chi connectivity index (χ2v) is 10.6. The summed E-state index contributed by atoms with van der Waals surface area (Å²) >= 11 is 0. The predicted octanol–water partition coefficient (Wildman–Crippen LogP) is 3.24. The largest absolute Gasteiger partial charge is 0.395 e. The van der Waals surface area contributed by atoms with Gasteiger partial charge in [-0.15, -0.1) is 0 Å². The molecule has 0 radical (unpaired) electrons. The Kier molecular flexibility index (Phi) is 7.49. The lowest BCUT2D eigenvalue weighted by molar-refractivity contribution is -0.211. The van der Waals surface area contributed by atoms with Gasteiger partial charge in [0.25, 0.3) is 0 Å². The van der Waals surface area contributed by atoms with Crippen LogP contribution in [0.4, 0.5) is 13.2 Å². The van der Waals surface area contributed by atoms with Crippen molar-refractivity contribution in [3.05, 3.63) is 35.9 Å². The van der Waals surface area contributed by atoms with E-state index in [1.54, 1.807) is 0 Å². The maximum absolute atomic E-state index is 13.8. The third-order valence-electron chi connectivity index (χ3n) is 8.29. The number of hydrazine groups is 1. The molecule has 5 rings (SSSR count). The van der Waals surface area contributed by atoms with Crippen molar-refractivity contribution < 1.29 is 17.9 Å². The number of hydrogen-bond donors (Lipinski definition) is 4. The third kappa shape index (κ3) is 5.29. The van der Waals surface area contributed by atoms with Gasteiger partial charge in [0.2, 0.25) is 0 Å². The maximum atomic E-state index is 13.8. The van der Waals surface area contributed by atoms with Crippen LogP contribution in [0.15, 0.2) is 30.3 Å². The van der Waals surface area contributed by atoms with Crippen LogP contribution in [0.1, 0.15) is 56.9 Å². The van der Waals surface area contributed by atoms with Crippen molar-refractivity contribution in [1.29, 1.82) is 0 Å². The topological polar surface area (TPSA) is 74.6 Å². The molecule has 190 valence electrons. The van der Waals surface area contributed by atoms with Gasteiger partial charge in [0.05, 0.1) is 18.1 Å². The molecule has 0 spiro atoms. The van der Waals surface area contributed by atoms with Gasteiger partial charge in [-0.3, -0.25) is 10.2 Å². The molecule has 9 heteroatoms. The first-order valence-corrected chi connectivity index (χ1v) is 12.9. The second-order valence-electron chi connectivity index (χ2n) is 10.6. The first kappa shape index (κ1) is 24.5. The number of nitrogens with zero attached hydrogens (tertiary/aromatic N) is 1. The number of nitrogens with one attached hydrogen (secondary N) is 3. The van der Waals surface area contributed by atoms with Gasteiger partial charge in [-0.05, 0) is 56.6 Å². The summed E-state index contributed by atoms with van der Waals surface area (Å²) in [4.78, 5) is 2.62. The Morgan fingerprint density at radius 2 is 1.71 bits per heavy atom. The lowest BCUT2D eigenvalue weighted by Crippen LogP contribution is -2.69. The van der Waals surface area contributed by atoms with Crippen LogP contribution in [-0.4, -0.2) is 54.4 Å². The molecule has 0 aliphatic carbocycles. The van der Waals surface area contributed by atoms with E-state index >= 15 is 0 Å². The van der Waals surface area contributed by atoms with Crippen LogP contribution >= 0.6 is 0 Å². The van der Waals surface area contributed by atoms with Crippen molar-refractivity contribution in [3.8, 4) is 0 Å². The molecule has 4 bridgehead atoms. The molecule has 0 amide bonds. The fraction of sp³-hybridized carbons (Fsp3) is 0.760. The number of alkyl halides is 3. The number of rotatable bonds is 2. The van der Waals surface area contributed by atoms with Gasteiger partial charge in [0.15, 0.2) is 0 Å². The molecule has 6 nitrogen and oxygen atoms in total. The monoisotopic (exact) mass is 481 g/mol. The number of benzene rings is 1. The first-order chi connectivity index (χ1) is 16.4. The number of piperidine rings is 1. The van der Waals surface area contributed by atoms with Crippen LogP contribution in [0.25, 0.3) is 0 Å². The van der Waals surface area contributed by atoms with Gasteiger partial charge >= 0.3 is 6.18 Å². The SMILES string of the molecule is NC1CC(Cc2ccccc2)C2NC1C1NNC(O1)C(C(F)(F)F)CCCCC[C@@H]1CCCN21. The Balaban J connectivity index is 1.40. The zero-order chi connectivity index (χ0) is 23.7. The summed E-state index contributed by atoms with van der Waals surface area (Å²) < 4.78 is 47.5. The van der Waals surface area contributed by atoms with Gasteiger partial charge in [-0.2, -0.15) is 13.2 Å². The van der Waals surface area contributed by atoms with E-state index in [9.17, 15) is 13.2 Å². The van der Waals surface area contributed by atoms with Crippen LogP contribution in [-0.2, 0) is 11.2 Å². The summed E-state index contributed by atoms with van der Waals surface area (Å²) in [7, 11) is 0. The van der Waals surface area contributed by atoms with Crippen LogP contribution in [0.5, 0.6) is 0 Å². The molecule has 8 atom stereocenters. The maximum Gasteiger partial charge on any atom is 0.395 e. The van der Waals surface area contributed by atoms with E-state index in [2.05, 4.69) is 45.3 Å². The lowest BCUT2D eigenvalue weighted by atomic mass is 9.82. The highest BCUT2D eigenvalue weighted by Crippen LogP contribution is 2.38.